The van der Waals surface area contributed by atoms with Gasteiger partial charge in [-0.25, -0.2) is 0 Å². The second-order valence-electron chi connectivity index (χ2n) is 10.5. The molecule has 0 amide bonds. The molecule has 8 rings (SSSR count). The fourth-order valence-electron chi connectivity index (χ4n) is 7.80. The van der Waals surface area contributed by atoms with Crippen LogP contribution in [0.1, 0.15) is 43.5 Å². The topological polar surface area (TPSA) is 31.6 Å². The molecule has 0 saturated heterocycles. The molecule has 4 aromatic rings. The molecule has 4 aliphatic carbocycles. The van der Waals surface area contributed by atoms with E-state index in [0.717, 1.165) is 23.7 Å². The quantitative estimate of drug-likeness (QED) is 0.346. The number of aromatic amines is 2. The largest absolute Gasteiger partial charge is 0.358 e. The molecular formula is C30H30N2. The molecule has 0 aliphatic heterocycles. The van der Waals surface area contributed by atoms with Crippen molar-refractivity contribution in [2.75, 3.05) is 0 Å². The highest BCUT2D eigenvalue weighted by Gasteiger charge is 2.59. The second kappa shape index (κ2) is 7.00. The van der Waals surface area contributed by atoms with E-state index in [0.29, 0.717) is 0 Å². The van der Waals surface area contributed by atoms with Gasteiger partial charge in [0.25, 0.3) is 0 Å². The minimum Gasteiger partial charge on any atom is -0.358 e. The van der Waals surface area contributed by atoms with Gasteiger partial charge < -0.3 is 9.97 Å². The molecule has 0 spiro atoms. The van der Waals surface area contributed by atoms with E-state index in [2.05, 4.69) is 94.9 Å². The molecule has 160 valence electrons. The zero-order chi connectivity index (χ0) is 21.1. The molecule has 0 atom stereocenters. The first-order chi connectivity index (χ1) is 15.8. The smallest absolute Gasteiger partial charge is 0.0560 e. The van der Waals surface area contributed by atoms with Gasteiger partial charge in [0, 0.05) is 22.8 Å². The third kappa shape index (κ3) is 2.65. The molecule has 2 heterocycles. The van der Waals surface area contributed by atoms with Crippen molar-refractivity contribution in [3.05, 3.63) is 96.3 Å². The van der Waals surface area contributed by atoms with Gasteiger partial charge in [0.05, 0.1) is 5.41 Å². The monoisotopic (exact) mass is 418 g/mol. The van der Waals surface area contributed by atoms with Crippen LogP contribution in [0, 0.1) is 23.7 Å². The van der Waals surface area contributed by atoms with E-state index in [1.165, 1.54) is 66.0 Å². The fraction of sp³-hybridized carbons (Fsp3) is 0.333. The van der Waals surface area contributed by atoms with Crippen LogP contribution >= 0.6 is 0 Å². The first kappa shape index (κ1) is 18.6. The Labute approximate surface area is 190 Å². The predicted octanol–water partition coefficient (Wildman–Crippen LogP) is 7.42. The maximum atomic E-state index is 3.93. The number of nitrogens with one attached hydrogen (secondary N) is 2. The van der Waals surface area contributed by atoms with Crippen LogP contribution in [0.15, 0.2) is 84.9 Å². The van der Waals surface area contributed by atoms with Crippen molar-refractivity contribution in [2.45, 2.75) is 37.5 Å². The summed E-state index contributed by atoms with van der Waals surface area (Å²) in [4.78, 5) is 7.85. The van der Waals surface area contributed by atoms with Gasteiger partial charge in [-0.15, -0.1) is 0 Å². The van der Waals surface area contributed by atoms with Crippen molar-refractivity contribution in [3.8, 4) is 22.5 Å². The molecule has 4 aliphatic rings. The molecule has 2 aromatic carbocycles. The number of aromatic nitrogens is 2. The highest BCUT2D eigenvalue weighted by molar-refractivity contribution is 5.63. The molecule has 2 aromatic heterocycles. The van der Waals surface area contributed by atoms with Crippen molar-refractivity contribution >= 4 is 0 Å². The highest BCUT2D eigenvalue weighted by atomic mass is 14.8. The highest BCUT2D eigenvalue weighted by Crippen LogP contribution is 2.65. The summed E-state index contributed by atoms with van der Waals surface area (Å²) < 4.78 is 0. The minimum absolute atomic E-state index is 0.0769. The summed E-state index contributed by atoms with van der Waals surface area (Å²) in [7, 11) is 0. The van der Waals surface area contributed by atoms with E-state index >= 15 is 0 Å². The first-order valence-corrected chi connectivity index (χ1v) is 12.3. The van der Waals surface area contributed by atoms with Gasteiger partial charge in [0.2, 0.25) is 0 Å². The Balaban J connectivity index is 1.38. The van der Waals surface area contributed by atoms with E-state index in [-0.39, 0.29) is 5.41 Å². The van der Waals surface area contributed by atoms with E-state index in [1.54, 1.807) is 0 Å². The molecule has 0 radical (unpaired) electrons. The molecule has 32 heavy (non-hydrogen) atoms. The zero-order valence-corrected chi connectivity index (χ0v) is 18.4. The van der Waals surface area contributed by atoms with Crippen LogP contribution in [0.4, 0.5) is 0 Å². The van der Waals surface area contributed by atoms with E-state index in [1.807, 2.05) is 0 Å². The standard InChI is InChI=1S/C30H30N2/c1-3-7-22(8-4-1)26-11-13-28(31-26)30(24-16-20-15-21(18-24)19-25(30)17-20)29-14-12-27(32-29)23-9-5-2-6-10-23/h1-14,20-21,24-25,31-32H,15-19H2. The molecule has 4 saturated carbocycles. The van der Waals surface area contributed by atoms with Gasteiger partial charge in [-0.1, -0.05) is 60.7 Å². The van der Waals surface area contributed by atoms with E-state index in [9.17, 15) is 0 Å². The summed E-state index contributed by atoms with van der Waals surface area (Å²) in [6, 6.07) is 30.9. The van der Waals surface area contributed by atoms with Crippen LogP contribution in [0.5, 0.6) is 0 Å². The summed E-state index contributed by atoms with van der Waals surface area (Å²) in [5.74, 6) is 3.34. The first-order valence-electron chi connectivity index (χ1n) is 12.3. The molecule has 2 heteroatoms. The number of hydrogen-bond acceptors (Lipinski definition) is 0. The third-order valence-electron chi connectivity index (χ3n) is 8.86. The minimum atomic E-state index is 0.0769. The third-order valence-corrected chi connectivity index (χ3v) is 8.86. The number of rotatable bonds is 4. The van der Waals surface area contributed by atoms with Gasteiger partial charge in [-0.2, -0.15) is 0 Å². The Kier molecular flexibility index (Phi) is 4.06. The molecule has 2 nitrogen and oxygen atoms in total. The van der Waals surface area contributed by atoms with Crippen molar-refractivity contribution < 1.29 is 0 Å². The molecule has 2 N–H and O–H groups in total. The Hall–Kier alpha value is -3.00. The van der Waals surface area contributed by atoms with Crippen LogP contribution < -0.4 is 0 Å². The number of H-pyrrole nitrogens is 2. The molecule has 0 unspecified atom stereocenters. The zero-order valence-electron chi connectivity index (χ0n) is 18.4. The van der Waals surface area contributed by atoms with Gasteiger partial charge in [0.15, 0.2) is 0 Å². The summed E-state index contributed by atoms with van der Waals surface area (Å²) in [5, 5.41) is 0. The average Bonchev–Trinajstić information content (AvgIpc) is 3.51. The summed E-state index contributed by atoms with van der Waals surface area (Å²) in [6.45, 7) is 0. The van der Waals surface area contributed by atoms with Crippen molar-refractivity contribution in [1.82, 2.24) is 9.97 Å². The van der Waals surface area contributed by atoms with Crippen LogP contribution in [0.2, 0.25) is 0 Å². The Morgan fingerprint density at radius 2 is 0.938 bits per heavy atom. The average molecular weight is 419 g/mol. The fourth-order valence-corrected chi connectivity index (χ4v) is 7.80. The number of benzene rings is 2. The van der Waals surface area contributed by atoms with Gasteiger partial charge in [0.1, 0.15) is 0 Å². The van der Waals surface area contributed by atoms with E-state index < -0.39 is 0 Å². The van der Waals surface area contributed by atoms with Crippen LogP contribution in [0.25, 0.3) is 22.5 Å². The van der Waals surface area contributed by atoms with Gasteiger partial charge in [-0.05, 0) is 91.2 Å². The normalized spacial score (nSPS) is 27.6. The number of hydrogen-bond donors (Lipinski definition) is 2. The Morgan fingerprint density at radius 3 is 1.38 bits per heavy atom. The molecule has 4 bridgehead atoms. The van der Waals surface area contributed by atoms with Crippen molar-refractivity contribution in [2.24, 2.45) is 23.7 Å². The van der Waals surface area contributed by atoms with Gasteiger partial charge in [-0.3, -0.25) is 0 Å². The summed E-state index contributed by atoms with van der Waals surface area (Å²) >= 11 is 0. The molecule has 4 fully saturated rings. The van der Waals surface area contributed by atoms with E-state index in [4.69, 9.17) is 0 Å². The summed E-state index contributed by atoms with van der Waals surface area (Å²) in [5.41, 5.74) is 7.95. The molecular weight excluding hydrogens is 388 g/mol. The maximum absolute atomic E-state index is 3.93. The van der Waals surface area contributed by atoms with Crippen molar-refractivity contribution in [1.29, 1.82) is 0 Å². The van der Waals surface area contributed by atoms with Crippen LogP contribution in [0.3, 0.4) is 0 Å². The second-order valence-corrected chi connectivity index (χ2v) is 10.5. The Morgan fingerprint density at radius 1 is 0.500 bits per heavy atom. The predicted molar refractivity (Wildman–Crippen MR) is 130 cm³/mol. The lowest BCUT2D eigenvalue weighted by molar-refractivity contribution is -0.0448. The lowest BCUT2D eigenvalue weighted by atomic mass is 9.43. The lowest BCUT2D eigenvalue weighted by Crippen LogP contribution is -2.56. The summed E-state index contributed by atoms with van der Waals surface area (Å²) in [6.07, 6.45) is 7.00. The van der Waals surface area contributed by atoms with Crippen LogP contribution in [-0.4, -0.2) is 9.97 Å². The lowest BCUT2D eigenvalue weighted by Gasteiger charge is -2.61. The Bertz CT molecular complexity index is 1120. The SMILES string of the molecule is c1ccc(-c2ccc(C3(c4ccc(-c5ccccc5)[nH]4)C4CC5CC(C4)CC3C5)[nH]2)cc1. The van der Waals surface area contributed by atoms with Crippen LogP contribution in [-0.2, 0) is 5.41 Å². The van der Waals surface area contributed by atoms with Crippen molar-refractivity contribution in [3.63, 3.8) is 0 Å². The van der Waals surface area contributed by atoms with Gasteiger partial charge >= 0.3 is 0 Å². The maximum Gasteiger partial charge on any atom is 0.0560 e.